The van der Waals surface area contributed by atoms with Crippen LogP contribution in [-0.2, 0) is 24.3 Å². The van der Waals surface area contributed by atoms with Crippen LogP contribution in [0.25, 0.3) is 6.08 Å². The zero-order valence-corrected chi connectivity index (χ0v) is 20.2. The van der Waals surface area contributed by atoms with E-state index in [0.717, 1.165) is 31.8 Å². The van der Waals surface area contributed by atoms with Crippen LogP contribution in [0.2, 0.25) is 0 Å². The Morgan fingerprint density at radius 2 is 1.73 bits per heavy atom. The Morgan fingerprint density at radius 3 is 2.33 bits per heavy atom. The number of sulfonamides is 1. The molecular formula is C23H33N3O6S. The van der Waals surface area contributed by atoms with Crippen LogP contribution in [0.3, 0.4) is 0 Å². The molecule has 182 valence electrons. The second-order valence-electron chi connectivity index (χ2n) is 7.99. The van der Waals surface area contributed by atoms with Gasteiger partial charge in [0.05, 0.1) is 4.90 Å². The quantitative estimate of drug-likeness (QED) is 0.415. The highest BCUT2D eigenvalue weighted by atomic mass is 32.2. The molecule has 0 bridgehead atoms. The lowest BCUT2D eigenvalue weighted by Gasteiger charge is -2.29. The molecule has 0 radical (unpaired) electrons. The second kappa shape index (κ2) is 12.5. The van der Waals surface area contributed by atoms with Gasteiger partial charge in [-0.05, 0) is 42.5 Å². The van der Waals surface area contributed by atoms with Crippen molar-refractivity contribution in [3.05, 3.63) is 35.9 Å². The molecule has 2 atom stereocenters. The topological polar surface area (TPSA) is 122 Å². The Balaban J connectivity index is 1.80. The average molecular weight is 480 g/mol. The van der Waals surface area contributed by atoms with Crippen molar-refractivity contribution in [1.29, 1.82) is 0 Å². The number of nitrogens with zero attached hydrogens (tertiary/aromatic N) is 1. The Morgan fingerprint density at radius 1 is 1.09 bits per heavy atom. The van der Waals surface area contributed by atoms with Gasteiger partial charge in [-0.25, -0.2) is 18.0 Å². The van der Waals surface area contributed by atoms with Gasteiger partial charge in [0.2, 0.25) is 10.0 Å². The predicted molar refractivity (Wildman–Crippen MR) is 125 cm³/mol. The van der Waals surface area contributed by atoms with E-state index in [2.05, 4.69) is 17.6 Å². The Hall–Kier alpha value is -2.72. The Labute approximate surface area is 195 Å². The molecule has 33 heavy (non-hydrogen) atoms. The van der Waals surface area contributed by atoms with E-state index >= 15 is 0 Å². The monoisotopic (exact) mass is 479 g/mol. The van der Waals surface area contributed by atoms with Crippen molar-refractivity contribution in [1.82, 2.24) is 14.9 Å². The van der Waals surface area contributed by atoms with E-state index in [4.69, 9.17) is 4.74 Å². The van der Waals surface area contributed by atoms with E-state index < -0.39 is 34.5 Å². The highest BCUT2D eigenvalue weighted by Gasteiger charge is 2.23. The minimum atomic E-state index is -3.55. The highest BCUT2D eigenvalue weighted by Crippen LogP contribution is 2.23. The van der Waals surface area contributed by atoms with Gasteiger partial charge in [-0.3, -0.25) is 10.1 Å². The molecule has 0 saturated heterocycles. The van der Waals surface area contributed by atoms with E-state index in [-0.39, 0.29) is 10.9 Å². The fourth-order valence-electron chi connectivity index (χ4n) is 3.71. The van der Waals surface area contributed by atoms with Gasteiger partial charge in [-0.15, -0.1) is 0 Å². The van der Waals surface area contributed by atoms with E-state index in [1.165, 1.54) is 22.5 Å². The molecule has 10 heteroatoms. The van der Waals surface area contributed by atoms with E-state index in [0.29, 0.717) is 24.6 Å². The third-order valence-electron chi connectivity index (χ3n) is 5.66. The molecule has 1 aliphatic rings. The summed E-state index contributed by atoms with van der Waals surface area (Å²) >= 11 is 0. The number of ether oxygens (including phenoxy) is 1. The van der Waals surface area contributed by atoms with Gasteiger partial charge in [0, 0.05) is 25.2 Å². The molecule has 1 aliphatic carbocycles. The lowest BCUT2D eigenvalue weighted by Crippen LogP contribution is -2.48. The molecular weight excluding hydrogens is 446 g/mol. The van der Waals surface area contributed by atoms with Gasteiger partial charge in [0.15, 0.2) is 6.61 Å². The van der Waals surface area contributed by atoms with Gasteiger partial charge in [-0.1, -0.05) is 45.7 Å². The molecule has 1 saturated carbocycles. The summed E-state index contributed by atoms with van der Waals surface area (Å²) in [7, 11) is -3.55. The molecule has 0 aliphatic heterocycles. The average Bonchev–Trinajstić information content (AvgIpc) is 2.78. The van der Waals surface area contributed by atoms with Crippen molar-refractivity contribution in [2.45, 2.75) is 57.4 Å². The van der Waals surface area contributed by atoms with Crippen molar-refractivity contribution in [3.63, 3.8) is 0 Å². The van der Waals surface area contributed by atoms with Gasteiger partial charge in [-0.2, -0.15) is 4.31 Å². The standard InChI is InChI=1S/C23H33N3O6S/c1-4-26(5-2)33(30,31)19-13-10-18(11-14-19)12-15-22(28)32-16-21(27)25-23(29)24-20-9-7-6-8-17(20)3/h10-15,17,20H,4-9,16H2,1-3H3,(H2,24,25,27,29)/b15-12+. The van der Waals surface area contributed by atoms with E-state index in [1.807, 2.05) is 0 Å². The number of carbonyl (C=O) groups excluding carboxylic acids is 3. The number of benzene rings is 1. The molecule has 1 aromatic rings. The predicted octanol–water partition coefficient (Wildman–Crippen LogP) is 2.68. The first-order valence-electron chi connectivity index (χ1n) is 11.2. The van der Waals surface area contributed by atoms with Crippen LogP contribution in [0.4, 0.5) is 4.79 Å². The van der Waals surface area contributed by atoms with Crippen LogP contribution in [-0.4, -0.2) is 56.4 Å². The van der Waals surface area contributed by atoms with Gasteiger partial charge < -0.3 is 10.1 Å². The molecule has 2 rings (SSSR count). The number of imide groups is 1. The molecule has 1 aromatic carbocycles. The van der Waals surface area contributed by atoms with Crippen molar-refractivity contribution in [2.24, 2.45) is 5.92 Å². The van der Waals surface area contributed by atoms with Crippen LogP contribution >= 0.6 is 0 Å². The van der Waals surface area contributed by atoms with Crippen LogP contribution in [0.1, 0.15) is 52.0 Å². The smallest absolute Gasteiger partial charge is 0.331 e. The SMILES string of the molecule is CCN(CC)S(=O)(=O)c1ccc(/C=C/C(=O)OCC(=O)NC(=O)NC2CCCCC2C)cc1. The second-order valence-corrected chi connectivity index (χ2v) is 9.93. The summed E-state index contributed by atoms with van der Waals surface area (Å²) in [5.41, 5.74) is 0.593. The number of urea groups is 1. The molecule has 2 N–H and O–H groups in total. The summed E-state index contributed by atoms with van der Waals surface area (Å²) in [6.45, 7) is 5.78. The Bertz CT molecular complexity index is 955. The van der Waals surface area contributed by atoms with E-state index in [1.54, 1.807) is 26.0 Å². The summed E-state index contributed by atoms with van der Waals surface area (Å²) in [6, 6.07) is 5.53. The minimum absolute atomic E-state index is 0.0328. The molecule has 2 unspecified atom stereocenters. The van der Waals surface area contributed by atoms with Crippen molar-refractivity contribution in [3.8, 4) is 0 Å². The third-order valence-corrected chi connectivity index (χ3v) is 7.73. The number of amides is 3. The number of esters is 1. The van der Waals surface area contributed by atoms with Crippen molar-refractivity contribution >= 4 is 34.0 Å². The summed E-state index contributed by atoms with van der Waals surface area (Å²) in [4.78, 5) is 35.9. The first kappa shape index (κ1) is 26.5. The molecule has 0 spiro atoms. The summed E-state index contributed by atoms with van der Waals surface area (Å²) in [6.07, 6.45) is 6.68. The number of nitrogens with one attached hydrogen (secondary N) is 2. The van der Waals surface area contributed by atoms with E-state index in [9.17, 15) is 22.8 Å². The number of hydrogen-bond acceptors (Lipinski definition) is 6. The van der Waals surface area contributed by atoms with Crippen molar-refractivity contribution in [2.75, 3.05) is 19.7 Å². The first-order valence-corrected chi connectivity index (χ1v) is 12.7. The van der Waals surface area contributed by atoms with Crippen LogP contribution in [0.15, 0.2) is 35.2 Å². The van der Waals surface area contributed by atoms with Crippen molar-refractivity contribution < 1.29 is 27.5 Å². The molecule has 0 aromatic heterocycles. The van der Waals surface area contributed by atoms with Gasteiger partial charge in [0.1, 0.15) is 0 Å². The maximum absolute atomic E-state index is 12.5. The molecule has 3 amide bonds. The normalized spacial score (nSPS) is 18.8. The summed E-state index contributed by atoms with van der Waals surface area (Å²) < 4.78 is 31.2. The largest absolute Gasteiger partial charge is 0.452 e. The number of hydrogen-bond donors (Lipinski definition) is 2. The van der Waals surface area contributed by atoms with Crippen LogP contribution in [0, 0.1) is 5.92 Å². The molecule has 0 heterocycles. The number of carbonyl (C=O) groups is 3. The summed E-state index contributed by atoms with van der Waals surface area (Å²) in [5.74, 6) is -1.12. The van der Waals surface area contributed by atoms with Gasteiger partial charge in [0.25, 0.3) is 5.91 Å². The zero-order valence-electron chi connectivity index (χ0n) is 19.4. The van der Waals surface area contributed by atoms with Gasteiger partial charge >= 0.3 is 12.0 Å². The zero-order chi connectivity index (χ0) is 24.4. The third kappa shape index (κ3) is 7.97. The number of rotatable bonds is 9. The molecule has 1 fully saturated rings. The molecule has 9 nitrogen and oxygen atoms in total. The van der Waals surface area contributed by atoms with Crippen LogP contribution in [0.5, 0.6) is 0 Å². The lowest BCUT2D eigenvalue weighted by atomic mass is 9.86. The van der Waals surface area contributed by atoms with Crippen LogP contribution < -0.4 is 10.6 Å². The fourth-order valence-corrected chi connectivity index (χ4v) is 5.17. The Kier molecular flexibility index (Phi) is 10.1. The summed E-state index contributed by atoms with van der Waals surface area (Å²) in [5, 5.41) is 4.96. The first-order chi connectivity index (χ1) is 15.7. The maximum Gasteiger partial charge on any atom is 0.331 e. The highest BCUT2D eigenvalue weighted by molar-refractivity contribution is 7.89. The lowest BCUT2D eigenvalue weighted by molar-refractivity contribution is -0.143. The minimum Gasteiger partial charge on any atom is -0.452 e. The maximum atomic E-state index is 12.5. The fraction of sp³-hybridized carbons (Fsp3) is 0.522.